The first-order valence-electron chi connectivity index (χ1n) is 5.44. The van der Waals surface area contributed by atoms with Crippen LogP contribution in [0.4, 0.5) is 4.79 Å². The highest BCUT2D eigenvalue weighted by atomic mass is 16.6. The van der Waals surface area contributed by atoms with Crippen LogP contribution < -0.4 is 5.73 Å². The van der Waals surface area contributed by atoms with E-state index >= 15 is 0 Å². The van der Waals surface area contributed by atoms with Gasteiger partial charge in [0, 0.05) is 6.54 Å². The van der Waals surface area contributed by atoms with Gasteiger partial charge in [-0.1, -0.05) is 30.3 Å². The lowest BCUT2D eigenvalue weighted by Gasteiger charge is -2.22. The van der Waals surface area contributed by atoms with E-state index in [1.807, 2.05) is 37.3 Å². The molecule has 1 saturated heterocycles. The highest BCUT2D eigenvalue weighted by Gasteiger charge is 2.33. The van der Waals surface area contributed by atoms with Crippen molar-refractivity contribution in [3.63, 3.8) is 0 Å². The van der Waals surface area contributed by atoms with Crippen molar-refractivity contribution in [2.75, 3.05) is 13.1 Å². The minimum atomic E-state index is -0.271. The quantitative estimate of drug-likeness (QED) is 0.840. The zero-order chi connectivity index (χ0) is 11.5. The van der Waals surface area contributed by atoms with Gasteiger partial charge in [0.1, 0.15) is 6.10 Å². The van der Waals surface area contributed by atoms with Gasteiger partial charge in [0.2, 0.25) is 0 Å². The lowest BCUT2D eigenvalue weighted by atomic mass is 10.1. The van der Waals surface area contributed by atoms with Crippen LogP contribution in [0.5, 0.6) is 0 Å². The Hall–Kier alpha value is -1.55. The Kier molecular flexibility index (Phi) is 3.10. The summed E-state index contributed by atoms with van der Waals surface area (Å²) in [6, 6.07) is 9.94. The van der Waals surface area contributed by atoms with Crippen molar-refractivity contribution in [1.29, 1.82) is 0 Å². The van der Waals surface area contributed by atoms with Gasteiger partial charge in [0.15, 0.2) is 0 Å². The monoisotopic (exact) mass is 220 g/mol. The smallest absolute Gasteiger partial charge is 0.410 e. The van der Waals surface area contributed by atoms with Gasteiger partial charge in [0.25, 0.3) is 0 Å². The third-order valence-corrected chi connectivity index (χ3v) is 2.91. The van der Waals surface area contributed by atoms with Crippen LogP contribution in [0.2, 0.25) is 0 Å². The molecule has 2 N–H and O–H groups in total. The number of nitrogens with zero attached hydrogens (tertiary/aromatic N) is 1. The largest absolute Gasteiger partial charge is 0.443 e. The number of ether oxygens (including phenoxy) is 1. The molecule has 0 radical (unpaired) electrons. The van der Waals surface area contributed by atoms with Crippen LogP contribution in [0.25, 0.3) is 0 Å². The predicted octanol–water partition coefficient (Wildman–Crippen LogP) is 1.53. The summed E-state index contributed by atoms with van der Waals surface area (Å²) >= 11 is 0. The van der Waals surface area contributed by atoms with Crippen molar-refractivity contribution in [2.45, 2.75) is 19.1 Å². The molecule has 1 aliphatic heterocycles. The lowest BCUT2D eigenvalue weighted by Crippen LogP contribution is -2.30. The number of hydrogen-bond donors (Lipinski definition) is 1. The standard InChI is InChI=1S/C12H16N2O2/c1-9(10-5-3-2-4-6-10)14-8-11(7-13)16-12(14)15/h2-6,9,11H,7-8,13H2,1H3. The highest BCUT2D eigenvalue weighted by molar-refractivity contribution is 5.70. The second kappa shape index (κ2) is 4.53. The molecule has 86 valence electrons. The first kappa shape index (κ1) is 11.0. The number of amides is 1. The Labute approximate surface area is 95.0 Å². The molecule has 1 aromatic rings. The Bertz CT molecular complexity index is 367. The predicted molar refractivity (Wildman–Crippen MR) is 60.9 cm³/mol. The summed E-state index contributed by atoms with van der Waals surface area (Å²) in [4.78, 5) is 13.3. The molecule has 1 heterocycles. The van der Waals surface area contributed by atoms with Crippen molar-refractivity contribution < 1.29 is 9.53 Å². The van der Waals surface area contributed by atoms with Crippen LogP contribution in [-0.2, 0) is 4.74 Å². The summed E-state index contributed by atoms with van der Waals surface area (Å²) in [6.07, 6.45) is -0.439. The van der Waals surface area contributed by atoms with Crippen LogP contribution in [0.15, 0.2) is 30.3 Å². The number of rotatable bonds is 3. The Balaban J connectivity index is 2.11. The molecule has 4 heteroatoms. The minimum absolute atomic E-state index is 0.0326. The maximum Gasteiger partial charge on any atom is 0.410 e. The van der Waals surface area contributed by atoms with Crippen LogP contribution in [0.1, 0.15) is 18.5 Å². The highest BCUT2D eigenvalue weighted by Crippen LogP contribution is 2.24. The molecule has 0 aromatic heterocycles. The zero-order valence-electron chi connectivity index (χ0n) is 9.30. The molecule has 1 aromatic carbocycles. The summed E-state index contributed by atoms with van der Waals surface area (Å²) in [6.45, 7) is 2.95. The van der Waals surface area contributed by atoms with E-state index in [-0.39, 0.29) is 18.2 Å². The fraction of sp³-hybridized carbons (Fsp3) is 0.417. The van der Waals surface area contributed by atoms with Gasteiger partial charge in [0.05, 0.1) is 12.6 Å². The minimum Gasteiger partial charge on any atom is -0.443 e. The van der Waals surface area contributed by atoms with Crippen molar-refractivity contribution in [1.82, 2.24) is 4.90 Å². The van der Waals surface area contributed by atoms with Gasteiger partial charge in [-0.2, -0.15) is 0 Å². The topological polar surface area (TPSA) is 55.6 Å². The van der Waals surface area contributed by atoms with E-state index in [2.05, 4.69) is 0 Å². The summed E-state index contributed by atoms with van der Waals surface area (Å²) in [7, 11) is 0. The maximum absolute atomic E-state index is 11.6. The molecule has 4 nitrogen and oxygen atoms in total. The molecule has 1 aliphatic rings. The lowest BCUT2D eigenvalue weighted by molar-refractivity contribution is 0.131. The van der Waals surface area contributed by atoms with Gasteiger partial charge >= 0.3 is 6.09 Å². The molecule has 0 bridgehead atoms. The molecular formula is C12H16N2O2. The average molecular weight is 220 g/mol. The van der Waals surface area contributed by atoms with Crippen LogP contribution in [0, 0.1) is 0 Å². The third-order valence-electron chi connectivity index (χ3n) is 2.91. The first-order chi connectivity index (χ1) is 7.72. The van der Waals surface area contributed by atoms with E-state index in [0.717, 1.165) is 5.56 Å². The van der Waals surface area contributed by atoms with E-state index in [1.54, 1.807) is 4.90 Å². The molecule has 1 fully saturated rings. The number of hydrogen-bond acceptors (Lipinski definition) is 3. The van der Waals surface area contributed by atoms with Crippen molar-refractivity contribution in [3.8, 4) is 0 Å². The normalized spacial score (nSPS) is 22.0. The van der Waals surface area contributed by atoms with Gasteiger partial charge in [-0.3, -0.25) is 4.90 Å². The molecule has 2 atom stereocenters. The average Bonchev–Trinajstić information content (AvgIpc) is 2.71. The summed E-state index contributed by atoms with van der Waals surface area (Å²) < 4.78 is 5.13. The molecule has 0 aliphatic carbocycles. The first-order valence-corrected chi connectivity index (χ1v) is 5.44. The second-order valence-electron chi connectivity index (χ2n) is 3.98. The molecule has 2 rings (SSSR count). The fourth-order valence-corrected chi connectivity index (χ4v) is 1.89. The van der Waals surface area contributed by atoms with Crippen molar-refractivity contribution >= 4 is 6.09 Å². The van der Waals surface area contributed by atoms with Gasteiger partial charge in [-0.05, 0) is 12.5 Å². The summed E-state index contributed by atoms with van der Waals surface area (Å²) in [5, 5.41) is 0. The van der Waals surface area contributed by atoms with E-state index in [1.165, 1.54) is 0 Å². The fourth-order valence-electron chi connectivity index (χ4n) is 1.89. The SMILES string of the molecule is CC(c1ccccc1)N1CC(CN)OC1=O. The summed E-state index contributed by atoms with van der Waals surface area (Å²) in [5.41, 5.74) is 6.60. The molecular weight excluding hydrogens is 204 g/mol. The van der Waals surface area contributed by atoms with E-state index in [0.29, 0.717) is 13.1 Å². The summed E-state index contributed by atoms with van der Waals surface area (Å²) in [5.74, 6) is 0. The third kappa shape index (κ3) is 2.02. The maximum atomic E-state index is 11.6. The zero-order valence-corrected chi connectivity index (χ0v) is 9.30. The molecule has 0 spiro atoms. The van der Waals surface area contributed by atoms with Gasteiger partial charge < -0.3 is 10.5 Å². The second-order valence-corrected chi connectivity index (χ2v) is 3.98. The number of cyclic esters (lactones) is 1. The number of carbonyl (C=O) groups excluding carboxylic acids is 1. The van der Waals surface area contributed by atoms with Crippen molar-refractivity contribution in [3.05, 3.63) is 35.9 Å². The van der Waals surface area contributed by atoms with Crippen LogP contribution in [0.3, 0.4) is 0 Å². The molecule has 16 heavy (non-hydrogen) atoms. The van der Waals surface area contributed by atoms with E-state index in [4.69, 9.17) is 10.5 Å². The Morgan fingerprint density at radius 2 is 2.19 bits per heavy atom. The Morgan fingerprint density at radius 1 is 1.50 bits per heavy atom. The van der Waals surface area contributed by atoms with Gasteiger partial charge in [-0.15, -0.1) is 0 Å². The number of carbonyl (C=O) groups is 1. The number of benzene rings is 1. The van der Waals surface area contributed by atoms with E-state index < -0.39 is 0 Å². The van der Waals surface area contributed by atoms with Crippen LogP contribution in [-0.4, -0.2) is 30.2 Å². The van der Waals surface area contributed by atoms with Gasteiger partial charge in [-0.25, -0.2) is 4.79 Å². The van der Waals surface area contributed by atoms with E-state index in [9.17, 15) is 4.79 Å². The number of nitrogens with two attached hydrogens (primary N) is 1. The van der Waals surface area contributed by atoms with Crippen LogP contribution >= 0.6 is 0 Å². The molecule has 0 saturated carbocycles. The van der Waals surface area contributed by atoms with Crippen molar-refractivity contribution in [2.24, 2.45) is 5.73 Å². The Morgan fingerprint density at radius 3 is 2.75 bits per heavy atom. The molecule has 1 amide bonds. The molecule has 2 unspecified atom stereocenters.